The summed E-state index contributed by atoms with van der Waals surface area (Å²) in [5, 5.41) is 5.60. The van der Waals surface area contributed by atoms with Crippen molar-refractivity contribution < 1.29 is 23.5 Å². The lowest BCUT2D eigenvalue weighted by atomic mass is 10.1. The lowest BCUT2D eigenvalue weighted by Crippen LogP contribution is -2.47. The molecule has 0 bridgehead atoms. The second-order valence-corrected chi connectivity index (χ2v) is 7.39. The van der Waals surface area contributed by atoms with Crippen molar-refractivity contribution in [2.45, 2.75) is 26.5 Å². The predicted octanol–water partition coefficient (Wildman–Crippen LogP) is 2.81. The molecule has 1 fully saturated rings. The second kappa shape index (κ2) is 10.9. The fourth-order valence-electron chi connectivity index (χ4n) is 3.46. The summed E-state index contributed by atoms with van der Waals surface area (Å²) in [5.41, 5.74) is 2.00. The van der Waals surface area contributed by atoms with E-state index < -0.39 is 0 Å². The molecule has 166 valence electrons. The molecule has 1 aliphatic heterocycles. The highest BCUT2D eigenvalue weighted by molar-refractivity contribution is 5.98. The van der Waals surface area contributed by atoms with Crippen molar-refractivity contribution in [1.29, 1.82) is 0 Å². The molecular weight excluding hydrogens is 401 g/mol. The van der Waals surface area contributed by atoms with Gasteiger partial charge in [0.15, 0.2) is 0 Å². The van der Waals surface area contributed by atoms with Crippen LogP contribution in [0.5, 0.6) is 5.75 Å². The maximum Gasteiger partial charge on any atom is 0.255 e. The minimum absolute atomic E-state index is 0.146. The minimum Gasteiger partial charge on any atom is -0.493 e. The van der Waals surface area contributed by atoms with Gasteiger partial charge in [-0.1, -0.05) is 12.1 Å². The van der Waals surface area contributed by atoms with Crippen LogP contribution in [0.15, 0.2) is 42.5 Å². The maximum absolute atomic E-state index is 13.1. The molecule has 0 radical (unpaired) electrons. The maximum atomic E-state index is 13.1. The SMILES string of the molecule is CCOc1cc(NC(C)=O)ccc1C(=O)NCC1CN(Cc2ccc(F)cc2)CCO1. The van der Waals surface area contributed by atoms with Crippen LogP contribution in [-0.4, -0.2) is 55.7 Å². The molecule has 2 amide bonds. The average Bonchev–Trinajstić information content (AvgIpc) is 2.74. The van der Waals surface area contributed by atoms with Crippen LogP contribution in [-0.2, 0) is 16.1 Å². The molecule has 1 unspecified atom stereocenters. The van der Waals surface area contributed by atoms with Crippen LogP contribution in [0, 0.1) is 5.82 Å². The molecule has 1 atom stereocenters. The van der Waals surface area contributed by atoms with Crippen LogP contribution >= 0.6 is 0 Å². The zero-order chi connectivity index (χ0) is 22.2. The van der Waals surface area contributed by atoms with Gasteiger partial charge in [-0.05, 0) is 36.8 Å². The summed E-state index contributed by atoms with van der Waals surface area (Å²) < 4.78 is 24.5. The fraction of sp³-hybridized carbons (Fsp3) is 0.391. The standard InChI is InChI=1S/C23H28FN3O4/c1-3-30-22-12-19(26-16(2)28)8-9-21(22)23(29)25-13-20-15-27(10-11-31-20)14-17-4-6-18(24)7-5-17/h4-9,12,20H,3,10-11,13-15H2,1-2H3,(H,25,29)(H,26,28). The highest BCUT2D eigenvalue weighted by atomic mass is 19.1. The monoisotopic (exact) mass is 429 g/mol. The topological polar surface area (TPSA) is 79.9 Å². The molecule has 0 aliphatic carbocycles. The minimum atomic E-state index is -0.267. The first-order chi connectivity index (χ1) is 14.9. The van der Waals surface area contributed by atoms with Gasteiger partial charge in [-0.2, -0.15) is 0 Å². The van der Waals surface area contributed by atoms with Crippen molar-refractivity contribution in [1.82, 2.24) is 10.2 Å². The normalized spacial score (nSPS) is 16.5. The molecule has 0 saturated carbocycles. The Morgan fingerprint density at radius 1 is 1.23 bits per heavy atom. The van der Waals surface area contributed by atoms with Gasteiger partial charge in [-0.15, -0.1) is 0 Å². The summed E-state index contributed by atoms with van der Waals surface area (Å²) >= 11 is 0. The van der Waals surface area contributed by atoms with E-state index in [1.165, 1.54) is 19.1 Å². The zero-order valence-corrected chi connectivity index (χ0v) is 17.8. The molecule has 8 heteroatoms. The van der Waals surface area contributed by atoms with Crippen molar-refractivity contribution >= 4 is 17.5 Å². The lowest BCUT2D eigenvalue weighted by Gasteiger charge is -2.33. The van der Waals surface area contributed by atoms with Gasteiger partial charge in [0.05, 0.1) is 24.9 Å². The average molecular weight is 429 g/mol. The van der Waals surface area contributed by atoms with Crippen LogP contribution in [0.1, 0.15) is 29.8 Å². The zero-order valence-electron chi connectivity index (χ0n) is 17.8. The molecule has 1 saturated heterocycles. The van der Waals surface area contributed by atoms with Gasteiger partial charge in [0.25, 0.3) is 5.91 Å². The van der Waals surface area contributed by atoms with Crippen LogP contribution in [0.2, 0.25) is 0 Å². The molecule has 2 N–H and O–H groups in total. The Kier molecular flexibility index (Phi) is 7.97. The molecule has 1 aliphatic rings. The van der Waals surface area contributed by atoms with E-state index in [1.54, 1.807) is 30.3 Å². The van der Waals surface area contributed by atoms with Crippen molar-refractivity contribution in [3.63, 3.8) is 0 Å². The number of nitrogens with one attached hydrogen (secondary N) is 2. The summed E-state index contributed by atoms with van der Waals surface area (Å²) in [7, 11) is 0. The van der Waals surface area contributed by atoms with Gasteiger partial charge in [-0.3, -0.25) is 14.5 Å². The number of benzene rings is 2. The van der Waals surface area contributed by atoms with Gasteiger partial charge >= 0.3 is 0 Å². The molecular formula is C23H28FN3O4. The van der Waals surface area contributed by atoms with E-state index in [-0.39, 0.29) is 23.7 Å². The van der Waals surface area contributed by atoms with Crippen molar-refractivity contribution in [3.8, 4) is 5.75 Å². The number of rotatable bonds is 8. The van der Waals surface area contributed by atoms with Gasteiger partial charge < -0.3 is 20.1 Å². The molecule has 2 aromatic carbocycles. The van der Waals surface area contributed by atoms with E-state index in [4.69, 9.17) is 9.47 Å². The molecule has 7 nitrogen and oxygen atoms in total. The summed E-state index contributed by atoms with van der Waals surface area (Å²) in [5.74, 6) is -0.298. The third-order valence-electron chi connectivity index (χ3n) is 4.88. The van der Waals surface area contributed by atoms with Crippen LogP contribution < -0.4 is 15.4 Å². The van der Waals surface area contributed by atoms with Crippen LogP contribution in [0.4, 0.5) is 10.1 Å². The third kappa shape index (κ3) is 6.77. The van der Waals surface area contributed by atoms with E-state index in [0.29, 0.717) is 49.8 Å². The Bertz CT molecular complexity index is 904. The largest absolute Gasteiger partial charge is 0.493 e. The molecule has 0 aromatic heterocycles. The smallest absolute Gasteiger partial charge is 0.255 e. The van der Waals surface area contributed by atoms with Crippen LogP contribution in [0.3, 0.4) is 0 Å². The first-order valence-electron chi connectivity index (χ1n) is 10.4. The van der Waals surface area contributed by atoms with Gasteiger partial charge in [0.1, 0.15) is 11.6 Å². The van der Waals surface area contributed by atoms with Crippen molar-refractivity contribution in [2.75, 3.05) is 38.2 Å². The molecule has 3 rings (SSSR count). The highest BCUT2D eigenvalue weighted by Crippen LogP contribution is 2.24. The van der Waals surface area contributed by atoms with Gasteiger partial charge in [-0.25, -0.2) is 4.39 Å². The summed E-state index contributed by atoms with van der Waals surface area (Å²) in [6.45, 7) is 6.72. The molecule has 0 spiro atoms. The number of morpholine rings is 1. The van der Waals surface area contributed by atoms with E-state index in [1.807, 2.05) is 6.92 Å². The first kappa shape index (κ1) is 22.7. The van der Waals surface area contributed by atoms with Gasteiger partial charge in [0, 0.05) is 44.9 Å². The summed E-state index contributed by atoms with van der Waals surface area (Å²) in [6.07, 6.45) is -0.146. The molecule has 31 heavy (non-hydrogen) atoms. The van der Waals surface area contributed by atoms with E-state index >= 15 is 0 Å². The Morgan fingerprint density at radius 2 is 2.00 bits per heavy atom. The number of hydrogen-bond acceptors (Lipinski definition) is 5. The molecule has 2 aromatic rings. The Morgan fingerprint density at radius 3 is 2.71 bits per heavy atom. The number of anilines is 1. The number of hydrogen-bond donors (Lipinski definition) is 2. The second-order valence-electron chi connectivity index (χ2n) is 7.39. The highest BCUT2D eigenvalue weighted by Gasteiger charge is 2.22. The summed E-state index contributed by atoms with van der Waals surface area (Å²) in [4.78, 5) is 26.2. The van der Waals surface area contributed by atoms with Gasteiger partial charge in [0.2, 0.25) is 5.91 Å². The number of carbonyl (C=O) groups is 2. The third-order valence-corrected chi connectivity index (χ3v) is 4.88. The predicted molar refractivity (Wildman–Crippen MR) is 116 cm³/mol. The summed E-state index contributed by atoms with van der Waals surface area (Å²) in [6, 6.07) is 11.4. The number of halogens is 1. The Balaban J connectivity index is 1.56. The number of amides is 2. The van der Waals surface area contributed by atoms with E-state index in [0.717, 1.165) is 12.1 Å². The Labute approximate surface area is 181 Å². The number of ether oxygens (including phenoxy) is 2. The Hall–Kier alpha value is -2.97. The lowest BCUT2D eigenvalue weighted by molar-refractivity contribution is -0.114. The molecule has 1 heterocycles. The quantitative estimate of drug-likeness (QED) is 0.675. The van der Waals surface area contributed by atoms with Crippen molar-refractivity contribution in [3.05, 3.63) is 59.4 Å². The number of carbonyl (C=O) groups excluding carboxylic acids is 2. The van der Waals surface area contributed by atoms with E-state index in [9.17, 15) is 14.0 Å². The van der Waals surface area contributed by atoms with E-state index in [2.05, 4.69) is 15.5 Å². The number of nitrogens with zero attached hydrogens (tertiary/aromatic N) is 1. The first-order valence-corrected chi connectivity index (χ1v) is 10.4. The fourth-order valence-corrected chi connectivity index (χ4v) is 3.46. The van der Waals surface area contributed by atoms with Crippen molar-refractivity contribution in [2.24, 2.45) is 0 Å². The van der Waals surface area contributed by atoms with Crippen LogP contribution in [0.25, 0.3) is 0 Å².